The highest BCUT2D eigenvalue weighted by Crippen LogP contribution is 2.32. The third kappa shape index (κ3) is 3.09. The van der Waals surface area contributed by atoms with Crippen LogP contribution in [0.2, 0.25) is 0 Å². The Morgan fingerprint density at radius 1 is 1.21 bits per heavy atom. The van der Waals surface area contributed by atoms with Gasteiger partial charge in [-0.05, 0) is 31.0 Å². The molecule has 1 atom stereocenters. The molecule has 0 N–H and O–H groups in total. The normalized spacial score (nSPS) is 18.2. The summed E-state index contributed by atoms with van der Waals surface area (Å²) in [6, 6.07) is 5.52. The Labute approximate surface area is 114 Å². The van der Waals surface area contributed by atoms with Gasteiger partial charge in [0.15, 0.2) is 17.3 Å². The molecule has 104 valence electrons. The lowest BCUT2D eigenvalue weighted by molar-refractivity contribution is 0.0913. The lowest BCUT2D eigenvalue weighted by Gasteiger charge is -2.13. The molecular formula is C16H22O3. The second kappa shape index (κ2) is 6.09. The van der Waals surface area contributed by atoms with Gasteiger partial charge in [-0.3, -0.25) is 4.79 Å². The number of benzene rings is 1. The first-order chi connectivity index (χ1) is 9.15. The Bertz CT molecular complexity index is 449. The van der Waals surface area contributed by atoms with Crippen molar-refractivity contribution in [3.63, 3.8) is 0 Å². The molecule has 3 heteroatoms. The number of ether oxygens (including phenoxy) is 2. The van der Waals surface area contributed by atoms with E-state index >= 15 is 0 Å². The molecule has 2 rings (SSSR count). The third-order valence-corrected chi connectivity index (χ3v) is 3.63. The minimum Gasteiger partial charge on any atom is -0.489 e. The van der Waals surface area contributed by atoms with E-state index in [1.807, 2.05) is 18.2 Å². The summed E-state index contributed by atoms with van der Waals surface area (Å²) in [5.41, 5.74) is 0.727. The van der Waals surface area contributed by atoms with Crippen LogP contribution >= 0.6 is 0 Å². The summed E-state index contributed by atoms with van der Waals surface area (Å²) in [6.45, 7) is 7.48. The molecule has 0 amide bonds. The Balaban J connectivity index is 2.23. The van der Waals surface area contributed by atoms with Crippen molar-refractivity contribution in [2.75, 3.05) is 13.2 Å². The molecule has 0 aromatic heterocycles. The number of carbonyl (C=O) groups is 1. The summed E-state index contributed by atoms with van der Waals surface area (Å²) in [5, 5.41) is 0. The number of fused-ring (bicyclic) bond motifs is 1. The van der Waals surface area contributed by atoms with Crippen LogP contribution in [0.5, 0.6) is 11.5 Å². The highest BCUT2D eigenvalue weighted by molar-refractivity contribution is 5.98. The molecule has 19 heavy (non-hydrogen) atoms. The summed E-state index contributed by atoms with van der Waals surface area (Å²) >= 11 is 0. The summed E-state index contributed by atoms with van der Waals surface area (Å²) in [6.07, 6.45) is 1.75. The van der Waals surface area contributed by atoms with Gasteiger partial charge in [0.05, 0.1) is 13.2 Å². The van der Waals surface area contributed by atoms with Crippen LogP contribution in [0.15, 0.2) is 18.2 Å². The van der Waals surface area contributed by atoms with E-state index in [0.717, 1.165) is 24.2 Å². The smallest absolute Gasteiger partial charge is 0.166 e. The standard InChI is InChI=1S/C16H22O3/c1-4-12(5-2)16(17)13-6-7-14-15(8-13)19-10-11(3)9-18-14/h6-8,11-12H,4-5,9-10H2,1-3H3. The first kappa shape index (κ1) is 13.9. The van der Waals surface area contributed by atoms with Crippen molar-refractivity contribution in [3.05, 3.63) is 23.8 Å². The van der Waals surface area contributed by atoms with Gasteiger partial charge >= 0.3 is 0 Å². The zero-order valence-corrected chi connectivity index (χ0v) is 11.9. The van der Waals surface area contributed by atoms with Crippen LogP contribution in [0.1, 0.15) is 44.0 Å². The Hall–Kier alpha value is -1.51. The molecule has 0 spiro atoms. The van der Waals surface area contributed by atoms with Gasteiger partial charge in [-0.1, -0.05) is 20.8 Å². The zero-order valence-electron chi connectivity index (χ0n) is 11.9. The predicted octanol–water partition coefficient (Wildman–Crippen LogP) is 3.71. The first-order valence-electron chi connectivity index (χ1n) is 7.09. The van der Waals surface area contributed by atoms with Crippen LogP contribution in [0.3, 0.4) is 0 Å². The number of hydrogen-bond donors (Lipinski definition) is 0. The van der Waals surface area contributed by atoms with Gasteiger partial charge in [-0.15, -0.1) is 0 Å². The van der Waals surface area contributed by atoms with Gasteiger partial charge in [0.25, 0.3) is 0 Å². The molecule has 1 aromatic carbocycles. The van der Waals surface area contributed by atoms with E-state index in [2.05, 4.69) is 20.8 Å². The molecule has 0 bridgehead atoms. The van der Waals surface area contributed by atoms with Gasteiger partial charge in [-0.25, -0.2) is 0 Å². The first-order valence-corrected chi connectivity index (χ1v) is 7.09. The van der Waals surface area contributed by atoms with E-state index in [0.29, 0.717) is 24.9 Å². The fraction of sp³-hybridized carbons (Fsp3) is 0.562. The number of hydrogen-bond acceptors (Lipinski definition) is 3. The van der Waals surface area contributed by atoms with Crippen molar-refractivity contribution >= 4 is 5.78 Å². The minimum atomic E-state index is 0.101. The maximum Gasteiger partial charge on any atom is 0.166 e. The summed E-state index contributed by atoms with van der Waals surface area (Å²) in [5.74, 6) is 2.11. The van der Waals surface area contributed by atoms with Gasteiger partial charge in [0, 0.05) is 17.4 Å². The van der Waals surface area contributed by atoms with E-state index in [1.54, 1.807) is 0 Å². The van der Waals surface area contributed by atoms with Crippen molar-refractivity contribution < 1.29 is 14.3 Å². The maximum absolute atomic E-state index is 12.3. The SMILES string of the molecule is CCC(CC)C(=O)c1ccc2c(c1)OCC(C)CO2. The molecule has 1 unspecified atom stereocenters. The van der Waals surface area contributed by atoms with Gasteiger partial charge in [0.1, 0.15) is 0 Å². The van der Waals surface area contributed by atoms with Gasteiger partial charge < -0.3 is 9.47 Å². The topological polar surface area (TPSA) is 35.5 Å². The number of rotatable bonds is 4. The van der Waals surface area contributed by atoms with Crippen molar-refractivity contribution in [2.45, 2.75) is 33.6 Å². The Morgan fingerprint density at radius 3 is 2.47 bits per heavy atom. The quantitative estimate of drug-likeness (QED) is 0.776. The van der Waals surface area contributed by atoms with Gasteiger partial charge in [0.2, 0.25) is 0 Å². The van der Waals surface area contributed by atoms with Crippen LogP contribution < -0.4 is 9.47 Å². The average Bonchev–Trinajstić information content (AvgIpc) is 2.62. The van der Waals surface area contributed by atoms with Crippen LogP contribution in [0.25, 0.3) is 0 Å². The number of Topliss-reactive ketones (excluding diaryl/α,β-unsaturated/α-hetero) is 1. The highest BCUT2D eigenvalue weighted by Gasteiger charge is 2.20. The minimum absolute atomic E-state index is 0.101. The van der Waals surface area contributed by atoms with Crippen LogP contribution in [-0.4, -0.2) is 19.0 Å². The summed E-state index contributed by atoms with van der Waals surface area (Å²) < 4.78 is 11.4. The molecule has 1 heterocycles. The molecule has 3 nitrogen and oxygen atoms in total. The van der Waals surface area contributed by atoms with Crippen molar-refractivity contribution in [1.29, 1.82) is 0 Å². The molecular weight excluding hydrogens is 240 g/mol. The monoisotopic (exact) mass is 262 g/mol. The molecule has 0 saturated carbocycles. The van der Waals surface area contributed by atoms with E-state index < -0.39 is 0 Å². The molecule has 1 aromatic rings. The Kier molecular flexibility index (Phi) is 4.46. The zero-order chi connectivity index (χ0) is 13.8. The fourth-order valence-corrected chi connectivity index (χ4v) is 2.30. The van der Waals surface area contributed by atoms with Crippen LogP contribution in [-0.2, 0) is 0 Å². The lowest BCUT2D eigenvalue weighted by Crippen LogP contribution is -2.13. The number of ketones is 1. The maximum atomic E-state index is 12.3. The third-order valence-electron chi connectivity index (χ3n) is 3.63. The largest absolute Gasteiger partial charge is 0.489 e. The van der Waals surface area contributed by atoms with E-state index in [4.69, 9.17) is 9.47 Å². The fourth-order valence-electron chi connectivity index (χ4n) is 2.30. The summed E-state index contributed by atoms with van der Waals surface area (Å²) in [4.78, 5) is 12.3. The van der Waals surface area contributed by atoms with Gasteiger partial charge in [-0.2, -0.15) is 0 Å². The Morgan fingerprint density at radius 2 is 1.84 bits per heavy atom. The molecule has 0 radical (unpaired) electrons. The molecule has 0 saturated heterocycles. The van der Waals surface area contributed by atoms with Crippen molar-refractivity contribution in [2.24, 2.45) is 11.8 Å². The summed E-state index contributed by atoms with van der Waals surface area (Å²) in [7, 11) is 0. The molecule has 1 aliphatic heterocycles. The average molecular weight is 262 g/mol. The van der Waals surface area contributed by atoms with E-state index in [-0.39, 0.29) is 11.7 Å². The predicted molar refractivity (Wildman–Crippen MR) is 75.0 cm³/mol. The molecule has 0 aliphatic carbocycles. The second-order valence-corrected chi connectivity index (χ2v) is 5.27. The van der Waals surface area contributed by atoms with Crippen molar-refractivity contribution in [3.8, 4) is 11.5 Å². The number of carbonyl (C=O) groups excluding carboxylic acids is 1. The molecule has 0 fully saturated rings. The van der Waals surface area contributed by atoms with Crippen molar-refractivity contribution in [1.82, 2.24) is 0 Å². The lowest BCUT2D eigenvalue weighted by atomic mass is 9.93. The van der Waals surface area contributed by atoms with E-state index in [1.165, 1.54) is 0 Å². The molecule has 1 aliphatic rings. The highest BCUT2D eigenvalue weighted by atomic mass is 16.5. The second-order valence-electron chi connectivity index (χ2n) is 5.27. The van der Waals surface area contributed by atoms with Crippen LogP contribution in [0.4, 0.5) is 0 Å². The van der Waals surface area contributed by atoms with Crippen LogP contribution in [0, 0.1) is 11.8 Å². The van der Waals surface area contributed by atoms with E-state index in [9.17, 15) is 4.79 Å².